The van der Waals surface area contributed by atoms with E-state index in [-0.39, 0.29) is 6.54 Å². The maximum atomic E-state index is 10.7. The lowest BCUT2D eigenvalue weighted by molar-refractivity contribution is -0.137. The first-order valence-electron chi connectivity index (χ1n) is 4.64. The summed E-state index contributed by atoms with van der Waals surface area (Å²) in [6.07, 6.45) is 1.56. The van der Waals surface area contributed by atoms with Gasteiger partial charge < -0.3 is 9.67 Å². The SMILES string of the molecule is Cc1c(C)n(CC(=O)O)c2nc[c]cc12. The minimum absolute atomic E-state index is 0.0484. The molecule has 0 fully saturated rings. The van der Waals surface area contributed by atoms with Crippen LogP contribution in [0.25, 0.3) is 11.0 Å². The van der Waals surface area contributed by atoms with Gasteiger partial charge in [0.05, 0.1) is 0 Å². The number of aryl methyl sites for hydroxylation is 1. The molecular formula is C11H11N2O2. The van der Waals surface area contributed by atoms with E-state index in [2.05, 4.69) is 11.1 Å². The highest BCUT2D eigenvalue weighted by Crippen LogP contribution is 2.22. The Morgan fingerprint density at radius 2 is 2.33 bits per heavy atom. The predicted molar refractivity (Wildman–Crippen MR) is 55.7 cm³/mol. The monoisotopic (exact) mass is 203 g/mol. The molecule has 2 aromatic rings. The summed E-state index contributed by atoms with van der Waals surface area (Å²) in [5, 5.41) is 9.77. The van der Waals surface area contributed by atoms with Crippen LogP contribution in [-0.4, -0.2) is 20.6 Å². The molecule has 0 saturated carbocycles. The fourth-order valence-corrected chi connectivity index (χ4v) is 1.73. The Labute approximate surface area is 87.2 Å². The maximum Gasteiger partial charge on any atom is 0.323 e. The van der Waals surface area contributed by atoms with Gasteiger partial charge in [0.25, 0.3) is 0 Å². The summed E-state index contributed by atoms with van der Waals surface area (Å²) in [5.74, 6) is -0.857. The van der Waals surface area contributed by atoms with Crippen molar-refractivity contribution in [3.05, 3.63) is 29.6 Å². The molecule has 0 aliphatic rings. The molecule has 0 aliphatic heterocycles. The van der Waals surface area contributed by atoms with E-state index in [1.807, 2.05) is 19.9 Å². The minimum Gasteiger partial charge on any atom is -0.480 e. The molecule has 0 amide bonds. The molecule has 4 nitrogen and oxygen atoms in total. The molecule has 0 bridgehead atoms. The lowest BCUT2D eigenvalue weighted by atomic mass is 10.2. The Bertz CT molecular complexity index is 529. The van der Waals surface area contributed by atoms with Crippen molar-refractivity contribution in [2.24, 2.45) is 0 Å². The van der Waals surface area contributed by atoms with E-state index in [9.17, 15) is 4.79 Å². The first-order chi connectivity index (χ1) is 7.11. The van der Waals surface area contributed by atoms with Gasteiger partial charge in [0.15, 0.2) is 0 Å². The van der Waals surface area contributed by atoms with E-state index in [1.54, 1.807) is 10.8 Å². The molecule has 2 rings (SSSR count). The van der Waals surface area contributed by atoms with Crippen molar-refractivity contribution < 1.29 is 9.90 Å². The van der Waals surface area contributed by atoms with Crippen molar-refractivity contribution in [3.63, 3.8) is 0 Å². The van der Waals surface area contributed by atoms with Crippen LogP contribution < -0.4 is 0 Å². The van der Waals surface area contributed by atoms with Gasteiger partial charge in [0.1, 0.15) is 12.2 Å². The number of hydrogen-bond donors (Lipinski definition) is 1. The summed E-state index contributed by atoms with van der Waals surface area (Å²) >= 11 is 0. The molecule has 1 N–H and O–H groups in total. The molecular weight excluding hydrogens is 192 g/mol. The molecule has 0 spiro atoms. The number of carboxylic acids is 1. The third-order valence-electron chi connectivity index (χ3n) is 2.63. The van der Waals surface area contributed by atoms with Crippen molar-refractivity contribution >= 4 is 17.0 Å². The van der Waals surface area contributed by atoms with Crippen LogP contribution in [0.1, 0.15) is 11.3 Å². The highest BCUT2D eigenvalue weighted by Gasteiger charge is 2.13. The lowest BCUT2D eigenvalue weighted by Crippen LogP contribution is -2.10. The fourth-order valence-electron chi connectivity index (χ4n) is 1.73. The number of carboxylic acid groups (broad SMARTS) is 1. The largest absolute Gasteiger partial charge is 0.480 e. The number of rotatable bonds is 2. The number of pyridine rings is 1. The summed E-state index contributed by atoms with van der Waals surface area (Å²) in [6, 6.07) is 4.73. The zero-order chi connectivity index (χ0) is 11.0. The number of carbonyl (C=O) groups is 1. The van der Waals surface area contributed by atoms with Gasteiger partial charge in [-0.05, 0) is 25.5 Å². The van der Waals surface area contributed by atoms with Crippen LogP contribution >= 0.6 is 0 Å². The number of aliphatic carboxylic acids is 1. The Hall–Kier alpha value is -1.84. The third kappa shape index (κ3) is 1.48. The van der Waals surface area contributed by atoms with Gasteiger partial charge in [0, 0.05) is 23.3 Å². The van der Waals surface area contributed by atoms with Crippen molar-refractivity contribution in [2.75, 3.05) is 0 Å². The van der Waals surface area contributed by atoms with Crippen molar-refractivity contribution in [1.29, 1.82) is 0 Å². The van der Waals surface area contributed by atoms with Crippen LogP contribution in [0.4, 0.5) is 0 Å². The van der Waals surface area contributed by atoms with Gasteiger partial charge in [-0.1, -0.05) is 0 Å². The Morgan fingerprint density at radius 3 is 3.00 bits per heavy atom. The Balaban J connectivity index is 2.72. The minimum atomic E-state index is -0.857. The number of fused-ring (bicyclic) bond motifs is 1. The molecule has 15 heavy (non-hydrogen) atoms. The topological polar surface area (TPSA) is 55.1 Å². The van der Waals surface area contributed by atoms with Crippen LogP contribution in [0.15, 0.2) is 12.3 Å². The Kier molecular flexibility index (Phi) is 2.19. The molecule has 2 aromatic heterocycles. The van der Waals surface area contributed by atoms with Crippen molar-refractivity contribution in [2.45, 2.75) is 20.4 Å². The smallest absolute Gasteiger partial charge is 0.323 e. The number of nitrogens with zero attached hydrogens (tertiary/aromatic N) is 2. The third-order valence-corrected chi connectivity index (χ3v) is 2.63. The van der Waals surface area contributed by atoms with Crippen LogP contribution in [0.3, 0.4) is 0 Å². The molecule has 4 heteroatoms. The molecule has 1 radical (unpaired) electrons. The van der Waals surface area contributed by atoms with Gasteiger partial charge in [-0.15, -0.1) is 0 Å². The van der Waals surface area contributed by atoms with Crippen LogP contribution in [0.2, 0.25) is 0 Å². The molecule has 2 heterocycles. The van der Waals surface area contributed by atoms with Gasteiger partial charge in [-0.3, -0.25) is 4.79 Å². The van der Waals surface area contributed by atoms with Crippen LogP contribution in [-0.2, 0) is 11.3 Å². The summed E-state index contributed by atoms with van der Waals surface area (Å²) in [5.41, 5.74) is 2.72. The highest BCUT2D eigenvalue weighted by atomic mass is 16.4. The average Bonchev–Trinajstić information content (AvgIpc) is 2.44. The van der Waals surface area contributed by atoms with Crippen LogP contribution in [0, 0.1) is 19.9 Å². The quantitative estimate of drug-likeness (QED) is 0.805. The van der Waals surface area contributed by atoms with Crippen molar-refractivity contribution in [3.8, 4) is 0 Å². The second kappa shape index (κ2) is 3.38. The molecule has 0 saturated heterocycles. The fraction of sp³-hybridized carbons (Fsp3) is 0.273. The van der Waals surface area contributed by atoms with Crippen molar-refractivity contribution in [1.82, 2.24) is 9.55 Å². The van der Waals surface area contributed by atoms with E-state index >= 15 is 0 Å². The predicted octanol–water partition coefficient (Wildman–Crippen LogP) is 1.54. The number of aromatic nitrogens is 2. The number of hydrogen-bond acceptors (Lipinski definition) is 2. The summed E-state index contributed by atoms with van der Waals surface area (Å²) in [6.45, 7) is 3.82. The Morgan fingerprint density at radius 1 is 1.60 bits per heavy atom. The zero-order valence-corrected chi connectivity index (χ0v) is 8.61. The van der Waals surface area contributed by atoms with E-state index in [0.717, 1.165) is 16.6 Å². The van der Waals surface area contributed by atoms with Gasteiger partial charge in [-0.25, -0.2) is 4.98 Å². The lowest BCUT2D eigenvalue weighted by Gasteiger charge is -2.02. The molecule has 0 unspecified atom stereocenters. The standard InChI is InChI=1S/C11H11N2O2/c1-7-8(2)13(6-10(14)15)11-9(7)4-3-5-12-11/h4-5H,6H2,1-2H3,(H,14,15). The second-order valence-corrected chi connectivity index (χ2v) is 3.50. The second-order valence-electron chi connectivity index (χ2n) is 3.50. The van der Waals surface area contributed by atoms with Gasteiger partial charge in [-0.2, -0.15) is 0 Å². The first-order valence-corrected chi connectivity index (χ1v) is 4.64. The molecule has 0 aliphatic carbocycles. The highest BCUT2D eigenvalue weighted by molar-refractivity contribution is 5.83. The molecule has 77 valence electrons. The maximum absolute atomic E-state index is 10.7. The summed E-state index contributed by atoms with van der Waals surface area (Å²) in [7, 11) is 0. The van der Waals surface area contributed by atoms with E-state index in [4.69, 9.17) is 5.11 Å². The summed E-state index contributed by atoms with van der Waals surface area (Å²) < 4.78 is 1.71. The van der Waals surface area contributed by atoms with Gasteiger partial charge in [0.2, 0.25) is 0 Å². The zero-order valence-electron chi connectivity index (χ0n) is 8.61. The average molecular weight is 203 g/mol. The normalized spacial score (nSPS) is 10.8. The van der Waals surface area contributed by atoms with Gasteiger partial charge >= 0.3 is 5.97 Å². The van der Waals surface area contributed by atoms with E-state index in [1.165, 1.54) is 0 Å². The summed E-state index contributed by atoms with van der Waals surface area (Å²) in [4.78, 5) is 14.9. The van der Waals surface area contributed by atoms with E-state index in [0.29, 0.717) is 5.65 Å². The first kappa shape index (κ1) is 9.71. The molecule has 0 aromatic carbocycles. The van der Waals surface area contributed by atoms with E-state index < -0.39 is 5.97 Å². The molecule has 0 atom stereocenters. The van der Waals surface area contributed by atoms with Crippen LogP contribution in [0.5, 0.6) is 0 Å².